The molecule has 0 saturated carbocycles. The van der Waals surface area contributed by atoms with E-state index in [0.717, 1.165) is 30.2 Å². The summed E-state index contributed by atoms with van der Waals surface area (Å²) in [5.74, 6) is 0. The second kappa shape index (κ2) is 5.45. The Morgan fingerprint density at radius 1 is 1.33 bits per heavy atom. The molecule has 3 aromatic heterocycles. The molecule has 8 nitrogen and oxygen atoms in total. The summed E-state index contributed by atoms with van der Waals surface area (Å²) in [4.78, 5) is 22.8. The van der Waals surface area contributed by atoms with E-state index in [1.54, 1.807) is 17.0 Å². The normalized spacial score (nSPS) is 20.6. The molecule has 4 rings (SSSR count). The third kappa shape index (κ3) is 2.44. The van der Waals surface area contributed by atoms with Crippen LogP contribution in [0.5, 0.6) is 0 Å². The highest BCUT2D eigenvalue weighted by Gasteiger charge is 2.28. The second-order valence-corrected chi connectivity index (χ2v) is 8.31. The first kappa shape index (κ1) is 15.4. The number of aromatic amines is 2. The number of hydrogen-bond acceptors (Lipinski definition) is 4. The summed E-state index contributed by atoms with van der Waals surface area (Å²) in [5, 5.41) is 0.862. The molecule has 24 heavy (non-hydrogen) atoms. The molecule has 9 heteroatoms. The lowest BCUT2D eigenvalue weighted by Gasteiger charge is -2.23. The van der Waals surface area contributed by atoms with Gasteiger partial charge in [-0.25, -0.2) is 22.5 Å². The van der Waals surface area contributed by atoms with Gasteiger partial charge in [-0.15, -0.1) is 0 Å². The molecule has 0 radical (unpaired) electrons. The molecule has 0 aliphatic carbocycles. The Morgan fingerprint density at radius 3 is 2.96 bits per heavy atom. The fourth-order valence-electron chi connectivity index (χ4n) is 3.57. The molecule has 1 aliphatic heterocycles. The maximum absolute atomic E-state index is 12.6. The quantitative estimate of drug-likeness (QED) is 0.725. The van der Waals surface area contributed by atoms with Gasteiger partial charge >= 0.3 is 5.69 Å². The molecule has 3 aromatic rings. The molecule has 128 valence electrons. The van der Waals surface area contributed by atoms with E-state index in [0.29, 0.717) is 24.3 Å². The molecule has 4 heterocycles. The van der Waals surface area contributed by atoms with Crippen LogP contribution in [-0.2, 0) is 10.0 Å². The van der Waals surface area contributed by atoms with Crippen LogP contribution in [-0.4, -0.2) is 51.6 Å². The summed E-state index contributed by atoms with van der Waals surface area (Å²) in [6, 6.07) is 1.70. The van der Waals surface area contributed by atoms with Crippen LogP contribution < -0.4 is 5.69 Å². The van der Waals surface area contributed by atoms with Crippen molar-refractivity contribution in [2.75, 3.05) is 19.3 Å². The van der Waals surface area contributed by atoms with Crippen LogP contribution in [0.1, 0.15) is 25.3 Å². The monoisotopic (exact) mass is 349 g/mol. The Hall–Kier alpha value is -2.13. The van der Waals surface area contributed by atoms with Crippen LogP contribution in [0.2, 0.25) is 0 Å². The molecule has 0 amide bonds. The van der Waals surface area contributed by atoms with Gasteiger partial charge in [0, 0.05) is 24.7 Å². The van der Waals surface area contributed by atoms with Crippen LogP contribution in [0.4, 0.5) is 0 Å². The first-order valence-corrected chi connectivity index (χ1v) is 9.81. The van der Waals surface area contributed by atoms with Crippen molar-refractivity contribution in [1.29, 1.82) is 0 Å². The molecule has 1 unspecified atom stereocenters. The van der Waals surface area contributed by atoms with Gasteiger partial charge in [0.05, 0.1) is 29.5 Å². The van der Waals surface area contributed by atoms with Gasteiger partial charge in [-0.2, -0.15) is 0 Å². The van der Waals surface area contributed by atoms with Crippen molar-refractivity contribution in [2.45, 2.75) is 25.3 Å². The van der Waals surface area contributed by atoms with Crippen molar-refractivity contribution in [3.63, 3.8) is 0 Å². The van der Waals surface area contributed by atoms with Gasteiger partial charge in [-0.1, -0.05) is 6.42 Å². The molecular weight excluding hydrogens is 330 g/mol. The molecule has 1 saturated heterocycles. The summed E-state index contributed by atoms with van der Waals surface area (Å²) in [6.45, 7) is 0.827. The first-order valence-electron chi connectivity index (χ1n) is 7.96. The Morgan fingerprint density at radius 2 is 2.17 bits per heavy atom. The Kier molecular flexibility index (Phi) is 3.50. The summed E-state index contributed by atoms with van der Waals surface area (Å²) >= 11 is 0. The highest BCUT2D eigenvalue weighted by Crippen LogP contribution is 2.28. The van der Waals surface area contributed by atoms with Crippen LogP contribution in [0, 0.1) is 0 Å². The molecular formula is C15H19N5O3S. The zero-order valence-corrected chi connectivity index (χ0v) is 14.1. The van der Waals surface area contributed by atoms with Crippen molar-refractivity contribution in [3.8, 4) is 0 Å². The highest BCUT2D eigenvalue weighted by molar-refractivity contribution is 7.88. The van der Waals surface area contributed by atoms with Crippen molar-refractivity contribution < 1.29 is 8.42 Å². The van der Waals surface area contributed by atoms with Crippen LogP contribution in [0.15, 0.2) is 23.3 Å². The molecule has 1 aliphatic rings. The molecule has 2 N–H and O–H groups in total. The minimum absolute atomic E-state index is 0.191. The van der Waals surface area contributed by atoms with Crippen LogP contribution in [0.25, 0.3) is 22.1 Å². The number of hydrogen-bond donors (Lipinski definition) is 2. The Labute approximate surface area is 138 Å². The summed E-state index contributed by atoms with van der Waals surface area (Å²) in [5.41, 5.74) is 1.94. The number of H-pyrrole nitrogens is 2. The second-order valence-electron chi connectivity index (χ2n) is 6.33. The van der Waals surface area contributed by atoms with Crippen molar-refractivity contribution in [2.24, 2.45) is 0 Å². The van der Waals surface area contributed by atoms with Gasteiger partial charge < -0.3 is 9.97 Å². The highest BCUT2D eigenvalue weighted by atomic mass is 32.2. The largest absolute Gasteiger partial charge is 0.346 e. The number of rotatable bonds is 2. The lowest BCUT2D eigenvalue weighted by Crippen LogP contribution is -2.36. The fraction of sp³-hybridized carbons (Fsp3) is 0.467. The minimum atomic E-state index is -3.28. The molecule has 1 atom stereocenters. The first-order chi connectivity index (χ1) is 11.4. The number of nitrogens with one attached hydrogen (secondary N) is 2. The predicted octanol–water partition coefficient (Wildman–Crippen LogP) is 1.19. The van der Waals surface area contributed by atoms with E-state index in [2.05, 4.69) is 15.0 Å². The zero-order valence-electron chi connectivity index (χ0n) is 13.3. The maximum atomic E-state index is 12.6. The van der Waals surface area contributed by atoms with E-state index >= 15 is 0 Å². The predicted molar refractivity (Wildman–Crippen MR) is 91.5 cm³/mol. The molecule has 0 bridgehead atoms. The van der Waals surface area contributed by atoms with E-state index in [4.69, 9.17) is 0 Å². The Balaban J connectivity index is 1.90. The van der Waals surface area contributed by atoms with Gasteiger partial charge in [-0.3, -0.25) is 4.57 Å². The summed E-state index contributed by atoms with van der Waals surface area (Å²) in [6.07, 6.45) is 7.11. The number of fused-ring (bicyclic) bond motifs is 3. The lowest BCUT2D eigenvalue weighted by atomic mass is 10.1. The van der Waals surface area contributed by atoms with E-state index in [1.165, 1.54) is 10.6 Å². The van der Waals surface area contributed by atoms with Crippen LogP contribution in [0.3, 0.4) is 0 Å². The molecule has 0 spiro atoms. The molecule has 0 aromatic carbocycles. The summed E-state index contributed by atoms with van der Waals surface area (Å²) in [7, 11) is -3.28. The van der Waals surface area contributed by atoms with Crippen molar-refractivity contribution in [1.82, 2.24) is 23.8 Å². The van der Waals surface area contributed by atoms with Gasteiger partial charge in [0.2, 0.25) is 10.0 Å². The smallest absolute Gasteiger partial charge is 0.326 e. The van der Waals surface area contributed by atoms with Gasteiger partial charge in [-0.05, 0) is 18.9 Å². The van der Waals surface area contributed by atoms with Crippen LogP contribution >= 0.6 is 0 Å². The number of pyridine rings is 1. The van der Waals surface area contributed by atoms with E-state index < -0.39 is 10.0 Å². The van der Waals surface area contributed by atoms with Gasteiger partial charge in [0.1, 0.15) is 5.65 Å². The van der Waals surface area contributed by atoms with E-state index in [-0.39, 0.29) is 11.7 Å². The lowest BCUT2D eigenvalue weighted by molar-refractivity contribution is 0.363. The summed E-state index contributed by atoms with van der Waals surface area (Å²) < 4.78 is 27.2. The number of sulfonamides is 1. The topological polar surface area (TPSA) is 104 Å². The van der Waals surface area contributed by atoms with Gasteiger partial charge in [0.15, 0.2) is 0 Å². The average Bonchev–Trinajstić information content (AvgIpc) is 3.01. The molecule has 1 fully saturated rings. The Bertz CT molecular complexity index is 1060. The maximum Gasteiger partial charge on any atom is 0.326 e. The van der Waals surface area contributed by atoms with E-state index in [1.807, 2.05) is 6.07 Å². The third-order valence-electron chi connectivity index (χ3n) is 4.70. The number of imidazole rings is 1. The zero-order chi connectivity index (χ0) is 16.9. The minimum Gasteiger partial charge on any atom is -0.346 e. The number of aromatic nitrogens is 4. The van der Waals surface area contributed by atoms with Gasteiger partial charge in [0.25, 0.3) is 0 Å². The van der Waals surface area contributed by atoms with Crippen molar-refractivity contribution in [3.05, 3.63) is 28.9 Å². The average molecular weight is 349 g/mol. The SMILES string of the molecule is CS(=O)(=O)N1CCCCC(n2c(=O)[nH]c3cnc4[nH]ccc4c32)C1. The third-order valence-corrected chi connectivity index (χ3v) is 5.97. The van der Waals surface area contributed by atoms with E-state index in [9.17, 15) is 13.2 Å². The fourth-order valence-corrected chi connectivity index (χ4v) is 4.47. The number of nitrogens with zero attached hydrogens (tertiary/aromatic N) is 3. The van der Waals surface area contributed by atoms with Crippen molar-refractivity contribution >= 4 is 32.1 Å². The standard InChI is InChI=1S/C15H19N5O3S/c1-24(22,23)19-7-3-2-4-10(9-19)20-13-11-5-6-16-14(11)17-8-12(13)18-15(20)21/h5-6,8,10H,2-4,7,9H2,1H3,(H,16,17)(H,18,21).